The SMILES string of the molecule is Cc1ccc2c(c1)O[C@@H](C(=O)NCCOc1cccc(C)c1C)CN2S(=O)(=O)c1ccccc1. The molecule has 0 aliphatic carbocycles. The largest absolute Gasteiger partial charge is 0.491 e. The van der Waals surface area contributed by atoms with Crippen LogP contribution in [0.5, 0.6) is 11.5 Å². The van der Waals surface area contributed by atoms with E-state index in [1.54, 1.807) is 42.5 Å². The number of nitrogens with one attached hydrogen (secondary N) is 1. The van der Waals surface area contributed by atoms with E-state index in [9.17, 15) is 13.2 Å². The summed E-state index contributed by atoms with van der Waals surface area (Å²) >= 11 is 0. The number of fused-ring (bicyclic) bond motifs is 1. The second-order valence-electron chi connectivity index (χ2n) is 8.26. The Hall–Kier alpha value is -3.52. The molecule has 34 heavy (non-hydrogen) atoms. The molecule has 1 amide bonds. The Labute approximate surface area is 200 Å². The van der Waals surface area contributed by atoms with Gasteiger partial charge in [-0.15, -0.1) is 0 Å². The first-order valence-corrected chi connectivity index (χ1v) is 12.5. The second-order valence-corrected chi connectivity index (χ2v) is 10.1. The van der Waals surface area contributed by atoms with E-state index in [1.807, 2.05) is 45.0 Å². The van der Waals surface area contributed by atoms with Crippen LogP contribution in [0.4, 0.5) is 5.69 Å². The highest BCUT2D eigenvalue weighted by Gasteiger charge is 2.37. The molecule has 1 aliphatic rings. The molecule has 4 rings (SSSR count). The van der Waals surface area contributed by atoms with Gasteiger partial charge in [-0.3, -0.25) is 9.10 Å². The van der Waals surface area contributed by atoms with E-state index in [2.05, 4.69) is 5.32 Å². The molecule has 0 unspecified atom stereocenters. The molecule has 7 nitrogen and oxygen atoms in total. The molecule has 0 spiro atoms. The van der Waals surface area contributed by atoms with Crippen molar-refractivity contribution in [3.8, 4) is 11.5 Å². The molecule has 178 valence electrons. The third-order valence-electron chi connectivity index (χ3n) is 5.82. The van der Waals surface area contributed by atoms with Crippen molar-refractivity contribution in [1.82, 2.24) is 5.32 Å². The summed E-state index contributed by atoms with van der Waals surface area (Å²) in [5.74, 6) is 0.732. The lowest BCUT2D eigenvalue weighted by molar-refractivity contribution is -0.127. The molecule has 1 aliphatic heterocycles. The van der Waals surface area contributed by atoms with Crippen LogP contribution in [-0.4, -0.2) is 40.1 Å². The number of rotatable bonds is 7. The second kappa shape index (κ2) is 9.77. The minimum atomic E-state index is -3.88. The zero-order valence-electron chi connectivity index (χ0n) is 19.4. The first kappa shape index (κ1) is 23.6. The number of hydrogen-bond donors (Lipinski definition) is 1. The van der Waals surface area contributed by atoms with Crippen LogP contribution in [0.25, 0.3) is 0 Å². The zero-order chi connectivity index (χ0) is 24.3. The number of aryl methyl sites for hydroxylation is 2. The van der Waals surface area contributed by atoms with Gasteiger partial charge in [-0.25, -0.2) is 8.42 Å². The zero-order valence-corrected chi connectivity index (χ0v) is 20.3. The van der Waals surface area contributed by atoms with Gasteiger partial charge in [0, 0.05) is 0 Å². The molecular weight excluding hydrogens is 452 g/mol. The summed E-state index contributed by atoms with van der Waals surface area (Å²) in [6.07, 6.45) is -0.992. The summed E-state index contributed by atoms with van der Waals surface area (Å²) in [4.78, 5) is 13.1. The van der Waals surface area contributed by atoms with Gasteiger partial charge >= 0.3 is 0 Å². The third-order valence-corrected chi connectivity index (χ3v) is 7.62. The maximum atomic E-state index is 13.4. The Balaban J connectivity index is 1.48. The van der Waals surface area contributed by atoms with E-state index in [0.717, 1.165) is 22.4 Å². The third kappa shape index (κ3) is 4.87. The van der Waals surface area contributed by atoms with Gasteiger partial charge in [0.05, 0.1) is 23.7 Å². The van der Waals surface area contributed by atoms with Gasteiger partial charge in [-0.2, -0.15) is 0 Å². The van der Waals surface area contributed by atoms with Crippen LogP contribution in [0, 0.1) is 20.8 Å². The number of amides is 1. The van der Waals surface area contributed by atoms with Gasteiger partial charge in [0.1, 0.15) is 18.1 Å². The highest BCUT2D eigenvalue weighted by atomic mass is 32.2. The molecule has 0 saturated carbocycles. The van der Waals surface area contributed by atoms with E-state index in [1.165, 1.54) is 4.31 Å². The fourth-order valence-electron chi connectivity index (χ4n) is 3.77. The quantitative estimate of drug-likeness (QED) is 0.521. The number of benzene rings is 3. The molecule has 8 heteroatoms. The van der Waals surface area contributed by atoms with E-state index < -0.39 is 22.0 Å². The molecule has 1 heterocycles. The Kier molecular flexibility index (Phi) is 6.79. The van der Waals surface area contributed by atoms with E-state index in [-0.39, 0.29) is 24.6 Å². The lowest BCUT2D eigenvalue weighted by Gasteiger charge is -2.35. The highest BCUT2D eigenvalue weighted by Crippen LogP contribution is 2.37. The summed E-state index contributed by atoms with van der Waals surface area (Å²) in [6.45, 7) is 6.30. The van der Waals surface area contributed by atoms with Crippen LogP contribution in [0.3, 0.4) is 0 Å². The number of nitrogens with zero attached hydrogens (tertiary/aromatic N) is 1. The molecule has 1 atom stereocenters. The summed E-state index contributed by atoms with van der Waals surface area (Å²) in [5, 5.41) is 2.80. The van der Waals surface area contributed by atoms with Crippen molar-refractivity contribution < 1.29 is 22.7 Å². The molecule has 0 aromatic heterocycles. The predicted molar refractivity (Wildman–Crippen MR) is 131 cm³/mol. The smallest absolute Gasteiger partial charge is 0.264 e. The number of ether oxygens (including phenoxy) is 2. The van der Waals surface area contributed by atoms with Crippen molar-refractivity contribution in [1.29, 1.82) is 0 Å². The van der Waals surface area contributed by atoms with Gasteiger partial charge < -0.3 is 14.8 Å². The summed E-state index contributed by atoms with van der Waals surface area (Å²) in [7, 11) is -3.88. The summed E-state index contributed by atoms with van der Waals surface area (Å²) < 4.78 is 39.8. The van der Waals surface area contributed by atoms with Crippen molar-refractivity contribution in [2.45, 2.75) is 31.8 Å². The number of sulfonamides is 1. The highest BCUT2D eigenvalue weighted by molar-refractivity contribution is 7.92. The normalized spacial score (nSPS) is 15.3. The van der Waals surface area contributed by atoms with Gasteiger partial charge in [-0.05, 0) is 67.8 Å². The Morgan fingerprint density at radius 2 is 1.82 bits per heavy atom. The van der Waals surface area contributed by atoms with E-state index in [0.29, 0.717) is 11.4 Å². The Morgan fingerprint density at radius 1 is 1.06 bits per heavy atom. The van der Waals surface area contributed by atoms with E-state index in [4.69, 9.17) is 9.47 Å². The average molecular weight is 481 g/mol. The number of carbonyl (C=O) groups excluding carboxylic acids is 1. The first-order chi connectivity index (χ1) is 16.3. The molecule has 1 N–H and O–H groups in total. The topological polar surface area (TPSA) is 84.9 Å². The maximum absolute atomic E-state index is 13.4. The molecule has 0 saturated heterocycles. The van der Waals surface area contributed by atoms with Crippen LogP contribution < -0.4 is 19.1 Å². The standard InChI is InChI=1S/C26H28N2O5S/c1-18-12-13-22-24(16-18)33-25(17-28(22)34(30,31)21-9-5-4-6-10-21)26(29)27-14-15-32-23-11-7-8-19(2)20(23)3/h4-13,16,25H,14-15,17H2,1-3H3,(H,27,29)/t25-/m1/s1. The monoisotopic (exact) mass is 480 g/mol. The van der Waals surface area contributed by atoms with E-state index >= 15 is 0 Å². The van der Waals surface area contributed by atoms with Crippen LogP contribution in [0.1, 0.15) is 16.7 Å². The molecule has 3 aromatic rings. The minimum Gasteiger partial charge on any atom is -0.491 e. The maximum Gasteiger partial charge on any atom is 0.264 e. The van der Waals surface area contributed by atoms with Crippen LogP contribution in [0.2, 0.25) is 0 Å². The van der Waals surface area contributed by atoms with Crippen molar-refractivity contribution >= 4 is 21.6 Å². The lowest BCUT2D eigenvalue weighted by atomic mass is 10.1. The van der Waals surface area contributed by atoms with Gasteiger partial charge in [-0.1, -0.05) is 36.4 Å². The fourth-order valence-corrected chi connectivity index (χ4v) is 5.27. The summed E-state index contributed by atoms with van der Waals surface area (Å²) in [5.41, 5.74) is 3.50. The Bertz CT molecular complexity index is 1290. The van der Waals surface area contributed by atoms with Crippen LogP contribution >= 0.6 is 0 Å². The number of carbonyl (C=O) groups is 1. The van der Waals surface area contributed by atoms with Crippen LogP contribution in [-0.2, 0) is 14.8 Å². The van der Waals surface area contributed by atoms with Crippen molar-refractivity contribution in [3.05, 3.63) is 83.4 Å². The molecule has 0 bridgehead atoms. The van der Waals surface area contributed by atoms with Gasteiger partial charge in [0.15, 0.2) is 6.10 Å². The molecule has 0 radical (unpaired) electrons. The first-order valence-electron chi connectivity index (χ1n) is 11.1. The van der Waals surface area contributed by atoms with Crippen LogP contribution in [0.15, 0.2) is 71.6 Å². The molecule has 3 aromatic carbocycles. The fraction of sp³-hybridized carbons (Fsp3) is 0.269. The van der Waals surface area contributed by atoms with Gasteiger partial charge in [0.25, 0.3) is 15.9 Å². The lowest BCUT2D eigenvalue weighted by Crippen LogP contribution is -2.51. The molecular formula is C26H28N2O5S. The predicted octanol–water partition coefficient (Wildman–Crippen LogP) is 3.76. The minimum absolute atomic E-state index is 0.128. The van der Waals surface area contributed by atoms with Crippen molar-refractivity contribution in [3.63, 3.8) is 0 Å². The number of hydrogen-bond acceptors (Lipinski definition) is 5. The molecule has 0 fully saturated rings. The average Bonchev–Trinajstić information content (AvgIpc) is 2.83. The van der Waals surface area contributed by atoms with Crippen molar-refractivity contribution in [2.24, 2.45) is 0 Å². The Morgan fingerprint density at radius 3 is 2.59 bits per heavy atom. The summed E-state index contributed by atoms with van der Waals surface area (Å²) in [6, 6.07) is 19.3. The van der Waals surface area contributed by atoms with Crippen molar-refractivity contribution in [2.75, 3.05) is 24.0 Å². The van der Waals surface area contributed by atoms with Gasteiger partial charge in [0.2, 0.25) is 0 Å². The number of anilines is 1.